The number of para-hydroxylation sites is 1. The van der Waals surface area contributed by atoms with Crippen molar-refractivity contribution >= 4 is 33.6 Å². The molecule has 0 amide bonds. The standard InChI is InChI=1S/C20H13N3O3/c1-12-18(19-21-9-4-10-23(19)22-12)20(24)25-13-7-8-17-15(11-13)14-5-2-3-6-16(14)26-17/h2-11H,1H3. The molecule has 0 saturated carbocycles. The number of hydrogen-bond donors (Lipinski definition) is 0. The third kappa shape index (κ3) is 2.16. The Labute approximate surface area is 147 Å². The molecule has 6 heteroatoms. The van der Waals surface area contributed by atoms with Crippen molar-refractivity contribution in [2.75, 3.05) is 0 Å². The van der Waals surface area contributed by atoms with Gasteiger partial charge in [-0.3, -0.25) is 0 Å². The summed E-state index contributed by atoms with van der Waals surface area (Å²) in [7, 11) is 0. The van der Waals surface area contributed by atoms with Gasteiger partial charge in [-0.25, -0.2) is 14.3 Å². The van der Waals surface area contributed by atoms with Crippen LogP contribution in [0.2, 0.25) is 0 Å². The van der Waals surface area contributed by atoms with Crippen LogP contribution in [-0.2, 0) is 0 Å². The minimum Gasteiger partial charge on any atom is -0.456 e. The third-order valence-corrected chi connectivity index (χ3v) is 4.33. The fourth-order valence-electron chi connectivity index (χ4n) is 3.16. The summed E-state index contributed by atoms with van der Waals surface area (Å²) in [6.45, 7) is 1.76. The van der Waals surface area contributed by atoms with E-state index in [9.17, 15) is 4.79 Å². The molecule has 0 fully saturated rings. The van der Waals surface area contributed by atoms with Crippen molar-refractivity contribution in [3.8, 4) is 5.75 Å². The minimum absolute atomic E-state index is 0.364. The topological polar surface area (TPSA) is 69.6 Å². The number of esters is 1. The van der Waals surface area contributed by atoms with Crippen molar-refractivity contribution in [3.63, 3.8) is 0 Å². The Balaban J connectivity index is 1.57. The van der Waals surface area contributed by atoms with Crippen LogP contribution in [0.15, 0.2) is 65.3 Å². The zero-order chi connectivity index (χ0) is 17.7. The molecule has 3 aromatic heterocycles. The second kappa shape index (κ2) is 5.42. The zero-order valence-electron chi connectivity index (χ0n) is 13.8. The molecule has 26 heavy (non-hydrogen) atoms. The van der Waals surface area contributed by atoms with Crippen molar-refractivity contribution in [1.82, 2.24) is 14.6 Å². The number of aromatic nitrogens is 3. The maximum atomic E-state index is 12.7. The molecule has 0 aliphatic heterocycles. The maximum absolute atomic E-state index is 12.7. The van der Waals surface area contributed by atoms with Crippen LogP contribution < -0.4 is 4.74 Å². The highest BCUT2D eigenvalue weighted by atomic mass is 16.5. The van der Waals surface area contributed by atoms with Crippen molar-refractivity contribution < 1.29 is 13.9 Å². The van der Waals surface area contributed by atoms with Gasteiger partial charge in [-0.05, 0) is 37.3 Å². The van der Waals surface area contributed by atoms with Gasteiger partial charge >= 0.3 is 5.97 Å². The van der Waals surface area contributed by atoms with Gasteiger partial charge < -0.3 is 9.15 Å². The summed E-state index contributed by atoms with van der Waals surface area (Å²) in [6, 6.07) is 14.9. The lowest BCUT2D eigenvalue weighted by molar-refractivity contribution is 0.0736. The van der Waals surface area contributed by atoms with Gasteiger partial charge in [0.2, 0.25) is 0 Å². The third-order valence-electron chi connectivity index (χ3n) is 4.33. The lowest BCUT2D eigenvalue weighted by atomic mass is 10.1. The average Bonchev–Trinajstić information content (AvgIpc) is 3.18. The van der Waals surface area contributed by atoms with Gasteiger partial charge in [-0.1, -0.05) is 18.2 Å². The molecule has 0 radical (unpaired) electrons. The summed E-state index contributed by atoms with van der Waals surface area (Å²) >= 11 is 0. The van der Waals surface area contributed by atoms with Gasteiger partial charge in [-0.15, -0.1) is 0 Å². The molecule has 126 valence electrons. The van der Waals surface area contributed by atoms with Crippen molar-refractivity contribution in [2.45, 2.75) is 6.92 Å². The number of fused-ring (bicyclic) bond motifs is 4. The summed E-state index contributed by atoms with van der Waals surface area (Å²) in [5, 5.41) is 6.18. The molecule has 0 aliphatic carbocycles. The molecule has 0 bridgehead atoms. The molecular formula is C20H13N3O3. The summed E-state index contributed by atoms with van der Waals surface area (Å²) in [4.78, 5) is 16.9. The van der Waals surface area contributed by atoms with Crippen molar-refractivity contribution in [1.29, 1.82) is 0 Å². The fourth-order valence-corrected chi connectivity index (χ4v) is 3.16. The first-order valence-electron chi connectivity index (χ1n) is 8.14. The number of nitrogens with zero attached hydrogens (tertiary/aromatic N) is 3. The monoisotopic (exact) mass is 343 g/mol. The van der Waals surface area contributed by atoms with Gasteiger partial charge in [0.1, 0.15) is 22.5 Å². The second-order valence-electron chi connectivity index (χ2n) is 5.99. The number of rotatable bonds is 2. The number of carbonyl (C=O) groups is 1. The Morgan fingerprint density at radius 1 is 1.08 bits per heavy atom. The number of benzene rings is 2. The van der Waals surface area contributed by atoms with Crippen LogP contribution in [0, 0.1) is 6.92 Å². The number of aryl methyl sites for hydroxylation is 1. The first-order chi connectivity index (χ1) is 12.7. The van der Waals surface area contributed by atoms with E-state index in [0.717, 1.165) is 21.9 Å². The fraction of sp³-hybridized carbons (Fsp3) is 0.0500. The number of carbonyl (C=O) groups excluding carboxylic acids is 1. The Kier molecular flexibility index (Phi) is 3.05. The zero-order valence-corrected chi connectivity index (χ0v) is 13.8. The molecule has 0 atom stereocenters. The Morgan fingerprint density at radius 3 is 2.85 bits per heavy atom. The summed E-state index contributed by atoms with van der Waals surface area (Å²) < 4.78 is 13.0. The smallest absolute Gasteiger partial charge is 0.349 e. The summed E-state index contributed by atoms with van der Waals surface area (Å²) in [5.74, 6) is -0.0351. The molecule has 2 aromatic carbocycles. The van der Waals surface area contributed by atoms with Crippen LogP contribution in [0.3, 0.4) is 0 Å². The van der Waals surface area contributed by atoms with Crippen LogP contribution >= 0.6 is 0 Å². The lowest BCUT2D eigenvalue weighted by Crippen LogP contribution is -2.10. The van der Waals surface area contributed by atoms with E-state index in [1.807, 2.05) is 30.3 Å². The van der Waals surface area contributed by atoms with E-state index in [1.54, 1.807) is 42.0 Å². The van der Waals surface area contributed by atoms with E-state index in [0.29, 0.717) is 22.7 Å². The Morgan fingerprint density at radius 2 is 1.92 bits per heavy atom. The molecule has 3 heterocycles. The molecule has 0 saturated heterocycles. The Hall–Kier alpha value is -3.67. The van der Waals surface area contributed by atoms with Crippen molar-refractivity contribution in [3.05, 3.63) is 72.2 Å². The first-order valence-corrected chi connectivity index (χ1v) is 8.14. The van der Waals surface area contributed by atoms with Gasteiger partial charge in [-0.2, -0.15) is 5.10 Å². The van der Waals surface area contributed by atoms with Crippen LogP contribution in [0.25, 0.3) is 27.6 Å². The predicted octanol–water partition coefficient (Wildman–Crippen LogP) is 4.16. The van der Waals surface area contributed by atoms with E-state index in [-0.39, 0.29) is 0 Å². The van der Waals surface area contributed by atoms with Gasteiger partial charge in [0.25, 0.3) is 0 Å². The number of hydrogen-bond acceptors (Lipinski definition) is 5. The van der Waals surface area contributed by atoms with Crippen LogP contribution in [0.5, 0.6) is 5.75 Å². The largest absolute Gasteiger partial charge is 0.456 e. The number of furan rings is 1. The van der Waals surface area contributed by atoms with E-state index < -0.39 is 5.97 Å². The van der Waals surface area contributed by atoms with Gasteiger partial charge in [0, 0.05) is 23.2 Å². The Bertz CT molecular complexity index is 1300. The highest BCUT2D eigenvalue weighted by molar-refractivity contribution is 6.05. The maximum Gasteiger partial charge on any atom is 0.349 e. The van der Waals surface area contributed by atoms with Crippen LogP contribution in [-0.4, -0.2) is 20.6 Å². The van der Waals surface area contributed by atoms with E-state index >= 15 is 0 Å². The molecule has 0 unspecified atom stereocenters. The minimum atomic E-state index is -0.483. The highest BCUT2D eigenvalue weighted by Crippen LogP contribution is 2.31. The second-order valence-corrected chi connectivity index (χ2v) is 5.99. The molecule has 6 nitrogen and oxygen atoms in total. The SMILES string of the molecule is Cc1nn2cccnc2c1C(=O)Oc1ccc2oc3ccccc3c2c1. The normalized spacial score (nSPS) is 11.4. The van der Waals surface area contributed by atoms with Crippen LogP contribution in [0.4, 0.5) is 0 Å². The summed E-state index contributed by atoms with van der Waals surface area (Å²) in [6.07, 6.45) is 3.37. The first kappa shape index (κ1) is 14.7. The molecule has 0 aliphatic rings. The van der Waals surface area contributed by atoms with Gasteiger partial charge in [0.05, 0.1) is 5.69 Å². The van der Waals surface area contributed by atoms with E-state index in [2.05, 4.69) is 10.1 Å². The van der Waals surface area contributed by atoms with Crippen molar-refractivity contribution in [2.24, 2.45) is 0 Å². The quantitative estimate of drug-likeness (QED) is 0.356. The summed E-state index contributed by atoms with van der Waals surface area (Å²) in [5.41, 5.74) is 2.96. The predicted molar refractivity (Wildman–Crippen MR) is 96.4 cm³/mol. The highest BCUT2D eigenvalue weighted by Gasteiger charge is 2.20. The lowest BCUT2D eigenvalue weighted by Gasteiger charge is -2.04. The molecule has 0 N–H and O–H groups in total. The molecular weight excluding hydrogens is 330 g/mol. The van der Waals surface area contributed by atoms with E-state index in [4.69, 9.17) is 9.15 Å². The molecule has 5 aromatic rings. The average molecular weight is 343 g/mol. The van der Waals surface area contributed by atoms with Crippen LogP contribution in [0.1, 0.15) is 16.1 Å². The van der Waals surface area contributed by atoms with Gasteiger partial charge in [0.15, 0.2) is 5.65 Å². The molecule has 5 rings (SSSR count). The van der Waals surface area contributed by atoms with E-state index in [1.165, 1.54) is 0 Å². The number of ether oxygens (including phenoxy) is 1. The molecule has 0 spiro atoms.